The van der Waals surface area contributed by atoms with Crippen molar-refractivity contribution in [3.8, 4) is 0 Å². The van der Waals surface area contributed by atoms with E-state index in [4.69, 9.17) is 16.3 Å². The van der Waals surface area contributed by atoms with Crippen molar-refractivity contribution >= 4 is 27.4 Å². The van der Waals surface area contributed by atoms with Crippen LogP contribution in [0.2, 0.25) is 5.02 Å². The molecule has 0 amide bonds. The van der Waals surface area contributed by atoms with E-state index < -0.39 is 10.0 Å². The van der Waals surface area contributed by atoms with Gasteiger partial charge in [-0.3, -0.25) is 0 Å². The molecule has 0 saturated carbocycles. The Morgan fingerprint density at radius 3 is 2.71 bits per heavy atom. The van der Waals surface area contributed by atoms with Crippen LogP contribution in [0.4, 0.5) is 5.82 Å². The van der Waals surface area contributed by atoms with Crippen LogP contribution in [0.1, 0.15) is 20.3 Å². The van der Waals surface area contributed by atoms with Gasteiger partial charge in [-0.05, 0) is 19.4 Å². The molecule has 0 aromatic carbocycles. The number of nitrogens with one attached hydrogen (secondary N) is 1. The van der Waals surface area contributed by atoms with Crippen LogP contribution in [-0.4, -0.2) is 51.1 Å². The first-order chi connectivity index (χ1) is 9.84. The summed E-state index contributed by atoms with van der Waals surface area (Å²) in [7, 11) is -0.600. The van der Waals surface area contributed by atoms with Crippen molar-refractivity contribution in [2.75, 3.05) is 32.6 Å². The molecule has 0 aliphatic carbocycles. The molecule has 0 fully saturated rings. The van der Waals surface area contributed by atoms with Crippen LogP contribution < -0.4 is 5.32 Å². The Morgan fingerprint density at radius 1 is 1.52 bits per heavy atom. The van der Waals surface area contributed by atoms with Crippen molar-refractivity contribution in [2.45, 2.75) is 31.2 Å². The first-order valence-electron chi connectivity index (χ1n) is 6.71. The lowest BCUT2D eigenvalue weighted by molar-refractivity contribution is 0.149. The summed E-state index contributed by atoms with van der Waals surface area (Å²) >= 11 is 6.08. The number of aromatic nitrogens is 1. The molecule has 0 aliphatic rings. The van der Waals surface area contributed by atoms with Gasteiger partial charge in [-0.25, -0.2) is 13.4 Å². The molecule has 1 atom stereocenters. The minimum absolute atomic E-state index is 0.0694. The van der Waals surface area contributed by atoms with Gasteiger partial charge >= 0.3 is 0 Å². The largest absolute Gasteiger partial charge is 0.383 e. The van der Waals surface area contributed by atoms with Crippen molar-refractivity contribution in [2.24, 2.45) is 0 Å². The Kier molecular flexibility index (Phi) is 6.86. The number of halogens is 1. The number of rotatable bonds is 8. The highest BCUT2D eigenvalue weighted by atomic mass is 35.5. The van der Waals surface area contributed by atoms with Crippen LogP contribution in [0.25, 0.3) is 0 Å². The maximum atomic E-state index is 12.5. The van der Waals surface area contributed by atoms with Gasteiger partial charge in [-0.15, -0.1) is 0 Å². The highest BCUT2D eigenvalue weighted by molar-refractivity contribution is 7.89. The van der Waals surface area contributed by atoms with Crippen molar-refractivity contribution in [1.29, 1.82) is 0 Å². The number of nitrogens with zero attached hydrogens (tertiary/aromatic N) is 2. The Balaban J connectivity index is 3.01. The molecular formula is C13H22ClN3O3S. The summed E-state index contributed by atoms with van der Waals surface area (Å²) < 4.78 is 31.2. The van der Waals surface area contributed by atoms with E-state index in [-0.39, 0.29) is 16.0 Å². The normalized spacial score (nSPS) is 13.4. The van der Waals surface area contributed by atoms with E-state index in [2.05, 4.69) is 10.3 Å². The topological polar surface area (TPSA) is 71.5 Å². The zero-order valence-electron chi connectivity index (χ0n) is 12.8. The summed E-state index contributed by atoms with van der Waals surface area (Å²) in [4.78, 5) is 4.16. The van der Waals surface area contributed by atoms with Gasteiger partial charge in [-0.1, -0.05) is 18.5 Å². The predicted octanol–water partition coefficient (Wildman–Crippen LogP) is 2.21. The van der Waals surface area contributed by atoms with Gasteiger partial charge in [0.05, 0.1) is 11.6 Å². The summed E-state index contributed by atoms with van der Waals surface area (Å²) in [5.74, 6) is 0.491. The Hall–Kier alpha value is -0.890. The van der Waals surface area contributed by atoms with E-state index in [0.717, 1.165) is 13.0 Å². The zero-order valence-corrected chi connectivity index (χ0v) is 14.3. The molecule has 0 bridgehead atoms. The maximum Gasteiger partial charge on any atom is 0.244 e. The van der Waals surface area contributed by atoms with Crippen LogP contribution in [-0.2, 0) is 14.8 Å². The number of sulfonamides is 1. The van der Waals surface area contributed by atoms with Crippen molar-refractivity contribution in [3.05, 3.63) is 17.3 Å². The number of ether oxygens (including phenoxy) is 1. The fourth-order valence-electron chi connectivity index (χ4n) is 1.68. The second-order valence-electron chi connectivity index (χ2n) is 4.75. The standard InChI is InChI=1S/C13H22ClN3O3S/c1-5-6-15-13-12(14)7-11(8-16-13)21(18,19)17(3)10(2)9-20-4/h7-8,10H,5-6,9H2,1-4H3,(H,15,16). The molecule has 1 heterocycles. The molecule has 120 valence electrons. The number of pyridine rings is 1. The molecule has 1 rings (SSSR count). The van der Waals surface area contributed by atoms with Crippen LogP contribution >= 0.6 is 11.6 Å². The highest BCUT2D eigenvalue weighted by Gasteiger charge is 2.26. The van der Waals surface area contributed by atoms with Crippen molar-refractivity contribution in [1.82, 2.24) is 9.29 Å². The van der Waals surface area contributed by atoms with Crippen LogP contribution in [0.3, 0.4) is 0 Å². The zero-order chi connectivity index (χ0) is 16.0. The molecule has 21 heavy (non-hydrogen) atoms. The quantitative estimate of drug-likeness (QED) is 0.788. The van der Waals surface area contributed by atoms with E-state index in [9.17, 15) is 8.42 Å². The number of anilines is 1. The minimum atomic E-state index is -3.64. The fraction of sp³-hybridized carbons (Fsp3) is 0.615. The molecule has 1 N–H and O–H groups in total. The average Bonchev–Trinajstić information content (AvgIpc) is 2.45. The lowest BCUT2D eigenvalue weighted by atomic mass is 10.4. The third-order valence-electron chi connectivity index (χ3n) is 3.06. The SMILES string of the molecule is CCCNc1ncc(S(=O)(=O)N(C)C(C)COC)cc1Cl. The van der Waals surface area contributed by atoms with Gasteiger partial charge in [0.2, 0.25) is 10.0 Å². The smallest absolute Gasteiger partial charge is 0.244 e. The average molecular weight is 336 g/mol. The van der Waals surface area contributed by atoms with E-state index in [1.807, 2.05) is 6.92 Å². The molecular weight excluding hydrogens is 314 g/mol. The third-order valence-corrected chi connectivity index (χ3v) is 5.29. The lowest BCUT2D eigenvalue weighted by Crippen LogP contribution is -2.37. The van der Waals surface area contributed by atoms with E-state index >= 15 is 0 Å². The summed E-state index contributed by atoms with van der Waals surface area (Å²) in [6.07, 6.45) is 2.24. The van der Waals surface area contributed by atoms with Crippen LogP contribution in [0.5, 0.6) is 0 Å². The number of likely N-dealkylation sites (N-methyl/N-ethyl adjacent to an activating group) is 1. The predicted molar refractivity (Wildman–Crippen MR) is 84.3 cm³/mol. The minimum Gasteiger partial charge on any atom is -0.383 e. The van der Waals surface area contributed by atoms with Crippen LogP contribution in [0.15, 0.2) is 17.2 Å². The Morgan fingerprint density at radius 2 is 2.19 bits per heavy atom. The molecule has 0 saturated heterocycles. The summed E-state index contributed by atoms with van der Waals surface area (Å²) in [5.41, 5.74) is 0. The van der Waals surface area contributed by atoms with Crippen molar-refractivity contribution < 1.29 is 13.2 Å². The monoisotopic (exact) mass is 335 g/mol. The highest BCUT2D eigenvalue weighted by Crippen LogP contribution is 2.24. The van der Waals surface area contributed by atoms with Gasteiger partial charge in [0.25, 0.3) is 0 Å². The van der Waals surface area contributed by atoms with Gasteiger partial charge in [0.1, 0.15) is 10.7 Å². The molecule has 1 unspecified atom stereocenters. The van der Waals surface area contributed by atoms with E-state index in [1.54, 1.807) is 6.92 Å². The van der Waals surface area contributed by atoms with Gasteiger partial charge in [0, 0.05) is 32.9 Å². The summed E-state index contributed by atoms with van der Waals surface area (Å²) in [6, 6.07) is 1.13. The first kappa shape index (κ1) is 18.2. The Labute approximate surface area is 131 Å². The molecule has 0 spiro atoms. The summed E-state index contributed by atoms with van der Waals surface area (Å²) in [6.45, 7) is 4.83. The molecule has 1 aromatic heterocycles. The second-order valence-corrected chi connectivity index (χ2v) is 7.16. The molecule has 1 aromatic rings. The number of hydrogen-bond donors (Lipinski definition) is 1. The van der Waals surface area contributed by atoms with Gasteiger partial charge in [0.15, 0.2) is 0 Å². The molecule has 8 heteroatoms. The number of methoxy groups -OCH3 is 1. The van der Waals surface area contributed by atoms with Crippen molar-refractivity contribution in [3.63, 3.8) is 0 Å². The number of hydrogen-bond acceptors (Lipinski definition) is 5. The molecule has 6 nitrogen and oxygen atoms in total. The van der Waals surface area contributed by atoms with E-state index in [0.29, 0.717) is 12.4 Å². The molecule has 0 aliphatic heterocycles. The maximum absolute atomic E-state index is 12.5. The van der Waals surface area contributed by atoms with Gasteiger partial charge in [-0.2, -0.15) is 4.31 Å². The first-order valence-corrected chi connectivity index (χ1v) is 8.52. The molecule has 0 radical (unpaired) electrons. The van der Waals surface area contributed by atoms with Gasteiger partial charge < -0.3 is 10.1 Å². The van der Waals surface area contributed by atoms with E-state index in [1.165, 1.54) is 30.7 Å². The second kappa shape index (κ2) is 7.93. The summed E-state index contributed by atoms with van der Waals surface area (Å²) in [5, 5.41) is 3.33. The Bertz CT molecular complexity index is 566. The third kappa shape index (κ3) is 4.54. The fourth-order valence-corrected chi connectivity index (χ4v) is 3.30. The van der Waals surface area contributed by atoms with Crippen LogP contribution in [0, 0.1) is 0 Å². The lowest BCUT2D eigenvalue weighted by Gasteiger charge is -2.23.